The molecule has 0 spiro atoms. The van der Waals surface area contributed by atoms with Crippen LogP contribution in [0.15, 0.2) is 42.7 Å². The highest BCUT2D eigenvalue weighted by Gasteiger charge is 2.26. The fourth-order valence-electron chi connectivity index (χ4n) is 4.16. The van der Waals surface area contributed by atoms with E-state index >= 15 is 0 Å². The molecule has 2 aliphatic rings. The molecule has 2 fully saturated rings. The second-order valence-electron chi connectivity index (χ2n) is 8.54. The molecule has 0 radical (unpaired) electrons. The van der Waals surface area contributed by atoms with E-state index in [1.165, 1.54) is 12.1 Å². The van der Waals surface area contributed by atoms with Gasteiger partial charge >= 0.3 is 0 Å². The maximum atomic E-state index is 13.5. The second-order valence-corrected chi connectivity index (χ2v) is 8.54. The number of benzene rings is 1. The number of aromatic nitrogens is 4. The number of halogens is 2. The van der Waals surface area contributed by atoms with Crippen LogP contribution < -0.4 is 15.5 Å². The molecular formula is C23H26F2N8O. The van der Waals surface area contributed by atoms with Crippen molar-refractivity contribution in [2.75, 3.05) is 61.3 Å². The summed E-state index contributed by atoms with van der Waals surface area (Å²) in [5, 5.41) is 13.9. The molecule has 34 heavy (non-hydrogen) atoms. The van der Waals surface area contributed by atoms with Gasteiger partial charge in [0, 0.05) is 75.4 Å². The zero-order valence-corrected chi connectivity index (χ0v) is 18.6. The van der Waals surface area contributed by atoms with Crippen LogP contribution in [0.3, 0.4) is 0 Å². The lowest BCUT2D eigenvalue weighted by molar-refractivity contribution is 0.141. The maximum absolute atomic E-state index is 13.5. The van der Waals surface area contributed by atoms with E-state index < -0.39 is 11.6 Å². The smallest absolute Gasteiger partial charge is 0.224 e. The Morgan fingerprint density at radius 3 is 2.38 bits per heavy atom. The van der Waals surface area contributed by atoms with Gasteiger partial charge in [0.1, 0.15) is 17.5 Å². The molecule has 0 atom stereocenters. The van der Waals surface area contributed by atoms with Gasteiger partial charge in [-0.05, 0) is 12.1 Å². The summed E-state index contributed by atoms with van der Waals surface area (Å²) in [4.78, 5) is 14.7. The summed E-state index contributed by atoms with van der Waals surface area (Å²) in [6, 6.07) is 5.43. The summed E-state index contributed by atoms with van der Waals surface area (Å²) in [6.07, 6.45) is 7.34. The summed E-state index contributed by atoms with van der Waals surface area (Å²) in [5.41, 5.74) is 7.37. The van der Waals surface area contributed by atoms with Crippen LogP contribution in [-0.2, 0) is 0 Å². The molecule has 3 aromatic rings. The monoisotopic (exact) mass is 468 g/mol. The number of aliphatic hydroxyl groups excluding tert-OH is 1. The standard InChI is InChI=1S/C23H26F2N8O/c24-17-8-18(25)10-19(9-17)31-6-4-30(5-7-31)3-1-2-16-12-27-33(13-16)22-11-21(28-23(26)29-22)32-14-20(34)15-32/h1-2,8-13,20,34H,3-7,14-15H2,(H2,26,28,29)/b2-1+. The molecule has 11 heteroatoms. The molecule has 0 aliphatic carbocycles. The molecule has 3 N–H and O–H groups in total. The fraction of sp³-hybridized carbons (Fsp3) is 0.348. The first-order valence-corrected chi connectivity index (χ1v) is 11.2. The van der Waals surface area contributed by atoms with Crippen molar-refractivity contribution in [3.8, 4) is 5.82 Å². The number of anilines is 3. The predicted molar refractivity (Wildman–Crippen MR) is 126 cm³/mol. The minimum absolute atomic E-state index is 0.154. The Kier molecular flexibility index (Phi) is 6.12. The van der Waals surface area contributed by atoms with Gasteiger partial charge in [0.25, 0.3) is 0 Å². The number of hydrogen-bond acceptors (Lipinski definition) is 8. The van der Waals surface area contributed by atoms with Crippen LogP contribution in [0.25, 0.3) is 11.9 Å². The third-order valence-electron chi connectivity index (χ3n) is 6.00. The number of hydrogen-bond donors (Lipinski definition) is 2. The zero-order chi connectivity index (χ0) is 23.7. The molecule has 0 amide bonds. The zero-order valence-electron chi connectivity index (χ0n) is 18.6. The third kappa shape index (κ3) is 5.00. The lowest BCUT2D eigenvalue weighted by Crippen LogP contribution is -2.51. The summed E-state index contributed by atoms with van der Waals surface area (Å²) in [6.45, 7) is 4.83. The van der Waals surface area contributed by atoms with Gasteiger partial charge in [-0.3, -0.25) is 4.90 Å². The van der Waals surface area contributed by atoms with Crippen molar-refractivity contribution >= 4 is 23.5 Å². The Morgan fingerprint density at radius 2 is 1.68 bits per heavy atom. The van der Waals surface area contributed by atoms with Crippen molar-refractivity contribution in [1.29, 1.82) is 0 Å². The van der Waals surface area contributed by atoms with Crippen LogP contribution in [0.1, 0.15) is 5.56 Å². The molecule has 178 valence electrons. The quantitative estimate of drug-likeness (QED) is 0.562. The summed E-state index contributed by atoms with van der Waals surface area (Å²) < 4.78 is 28.6. The van der Waals surface area contributed by atoms with Crippen LogP contribution in [0.2, 0.25) is 0 Å². The van der Waals surface area contributed by atoms with E-state index in [9.17, 15) is 13.9 Å². The van der Waals surface area contributed by atoms with Crippen molar-refractivity contribution < 1.29 is 13.9 Å². The number of β-amino-alcohol motifs (C(OH)–C–C–N with tert-alkyl or cyclic N) is 1. The van der Waals surface area contributed by atoms with E-state index in [-0.39, 0.29) is 12.1 Å². The number of aliphatic hydroxyl groups is 1. The Bertz CT molecular complexity index is 1170. The third-order valence-corrected chi connectivity index (χ3v) is 6.00. The van der Waals surface area contributed by atoms with Crippen LogP contribution in [0, 0.1) is 11.6 Å². The van der Waals surface area contributed by atoms with E-state index in [2.05, 4.69) is 26.0 Å². The molecule has 2 aromatic heterocycles. The van der Waals surface area contributed by atoms with E-state index in [1.807, 2.05) is 22.1 Å². The van der Waals surface area contributed by atoms with Crippen LogP contribution >= 0.6 is 0 Å². The highest BCUT2D eigenvalue weighted by atomic mass is 19.1. The first-order chi connectivity index (χ1) is 16.4. The fourth-order valence-corrected chi connectivity index (χ4v) is 4.16. The molecule has 1 aromatic carbocycles. The van der Waals surface area contributed by atoms with Crippen molar-refractivity contribution in [2.45, 2.75) is 6.10 Å². The Balaban J connectivity index is 1.16. The average molecular weight is 469 g/mol. The lowest BCUT2D eigenvalue weighted by Gasteiger charge is -2.36. The van der Waals surface area contributed by atoms with E-state index in [0.29, 0.717) is 43.5 Å². The molecule has 5 rings (SSSR count). The predicted octanol–water partition coefficient (Wildman–Crippen LogP) is 1.54. The van der Waals surface area contributed by atoms with Crippen molar-refractivity contribution in [3.05, 3.63) is 59.9 Å². The number of rotatable bonds is 6. The number of piperazine rings is 1. The molecule has 0 saturated carbocycles. The van der Waals surface area contributed by atoms with Gasteiger partial charge in [0.15, 0.2) is 5.82 Å². The van der Waals surface area contributed by atoms with Gasteiger partial charge in [0.2, 0.25) is 5.95 Å². The molecule has 4 heterocycles. The summed E-state index contributed by atoms with van der Waals surface area (Å²) in [7, 11) is 0. The maximum Gasteiger partial charge on any atom is 0.224 e. The minimum atomic E-state index is -0.555. The largest absolute Gasteiger partial charge is 0.389 e. The number of nitrogen functional groups attached to an aromatic ring is 1. The normalized spacial score (nSPS) is 17.5. The van der Waals surface area contributed by atoms with Crippen molar-refractivity contribution in [2.24, 2.45) is 0 Å². The van der Waals surface area contributed by atoms with Crippen molar-refractivity contribution in [1.82, 2.24) is 24.6 Å². The summed E-state index contributed by atoms with van der Waals surface area (Å²) >= 11 is 0. The molecular weight excluding hydrogens is 442 g/mol. The van der Waals surface area contributed by atoms with Crippen LogP contribution in [0.4, 0.5) is 26.2 Å². The Hall–Kier alpha value is -3.57. The molecule has 2 aliphatic heterocycles. The molecule has 0 unspecified atom stereocenters. The number of nitrogens with two attached hydrogens (primary N) is 1. The van der Waals surface area contributed by atoms with E-state index in [0.717, 1.165) is 31.3 Å². The lowest BCUT2D eigenvalue weighted by atomic mass is 10.2. The minimum Gasteiger partial charge on any atom is -0.389 e. The van der Waals surface area contributed by atoms with Gasteiger partial charge in [-0.15, -0.1) is 0 Å². The van der Waals surface area contributed by atoms with E-state index in [1.54, 1.807) is 16.9 Å². The first-order valence-electron chi connectivity index (χ1n) is 11.2. The van der Waals surface area contributed by atoms with Crippen molar-refractivity contribution in [3.63, 3.8) is 0 Å². The number of nitrogens with zero attached hydrogens (tertiary/aromatic N) is 7. The van der Waals surface area contributed by atoms with Crippen LogP contribution in [0.5, 0.6) is 0 Å². The highest BCUT2D eigenvalue weighted by molar-refractivity contribution is 5.52. The van der Waals surface area contributed by atoms with Gasteiger partial charge in [-0.1, -0.05) is 12.2 Å². The average Bonchev–Trinajstić information content (AvgIpc) is 3.25. The van der Waals surface area contributed by atoms with E-state index in [4.69, 9.17) is 5.73 Å². The Labute approximate surface area is 195 Å². The molecule has 2 saturated heterocycles. The second kappa shape index (κ2) is 9.35. The SMILES string of the molecule is Nc1nc(N2CC(O)C2)cc(-n2cc(/C=C/CN3CCN(c4cc(F)cc(F)c4)CC3)cn2)n1. The first kappa shape index (κ1) is 22.2. The van der Waals surface area contributed by atoms with Gasteiger partial charge in [0.05, 0.1) is 12.3 Å². The molecule has 0 bridgehead atoms. The van der Waals surface area contributed by atoms with Gasteiger partial charge in [-0.2, -0.15) is 15.1 Å². The molecule has 9 nitrogen and oxygen atoms in total. The summed E-state index contributed by atoms with van der Waals surface area (Å²) in [5.74, 6) is 0.276. The van der Waals surface area contributed by atoms with Gasteiger partial charge < -0.3 is 20.6 Å². The Morgan fingerprint density at radius 1 is 0.971 bits per heavy atom. The topological polar surface area (TPSA) is 99.6 Å². The van der Waals surface area contributed by atoms with Gasteiger partial charge in [-0.25, -0.2) is 13.5 Å². The highest BCUT2D eigenvalue weighted by Crippen LogP contribution is 2.22. The van der Waals surface area contributed by atoms with Crippen LogP contribution in [-0.4, -0.2) is 81.7 Å².